The molecule has 0 radical (unpaired) electrons. The number of aryl methyl sites for hydroxylation is 2. The van der Waals surface area contributed by atoms with Crippen LogP contribution in [0.4, 0.5) is 10.2 Å². The number of hydrogen-bond acceptors (Lipinski definition) is 2. The van der Waals surface area contributed by atoms with Gasteiger partial charge in [0.15, 0.2) is 11.6 Å². The van der Waals surface area contributed by atoms with Gasteiger partial charge < -0.3 is 5.73 Å². The number of aromatic nitrogens is 2. The summed E-state index contributed by atoms with van der Waals surface area (Å²) in [7, 11) is 0. The van der Waals surface area contributed by atoms with Crippen LogP contribution in [0.25, 0.3) is 0 Å². The molecule has 1 heterocycles. The highest BCUT2D eigenvalue weighted by atomic mass is 19.1. The van der Waals surface area contributed by atoms with Gasteiger partial charge in [-0.2, -0.15) is 5.10 Å². The van der Waals surface area contributed by atoms with Crippen molar-refractivity contribution in [2.24, 2.45) is 0 Å². The summed E-state index contributed by atoms with van der Waals surface area (Å²) in [4.78, 5) is 0. The molecule has 15 heavy (non-hydrogen) atoms. The molecule has 0 aliphatic carbocycles. The number of hydrogen-bond donors (Lipinski definition) is 2. The van der Waals surface area contributed by atoms with Gasteiger partial charge >= 0.3 is 0 Å². The standard InChI is InChI=1S/C11H12FN3/c12-10-9(14-15-11(10)13)7-6-8-4-2-1-3-5-8/h1-5H,6-7H2,(H3,13,14,15). The number of anilines is 1. The van der Waals surface area contributed by atoms with Crippen LogP contribution in [0.1, 0.15) is 11.3 Å². The molecule has 0 fully saturated rings. The second-order valence-corrected chi connectivity index (χ2v) is 3.39. The van der Waals surface area contributed by atoms with Gasteiger partial charge in [0.05, 0.1) is 5.69 Å². The lowest BCUT2D eigenvalue weighted by molar-refractivity contribution is 0.612. The minimum absolute atomic E-state index is 0.0574. The number of benzene rings is 1. The number of aromatic amines is 1. The van der Waals surface area contributed by atoms with Crippen LogP contribution >= 0.6 is 0 Å². The Bertz CT molecular complexity index is 436. The Hall–Kier alpha value is -1.84. The second kappa shape index (κ2) is 4.13. The normalized spacial score (nSPS) is 10.5. The SMILES string of the molecule is Nc1n[nH]c(CCc2ccccc2)c1F. The maximum atomic E-state index is 13.2. The van der Waals surface area contributed by atoms with E-state index in [-0.39, 0.29) is 5.82 Å². The lowest BCUT2D eigenvalue weighted by Crippen LogP contribution is -1.94. The van der Waals surface area contributed by atoms with Gasteiger partial charge in [0.2, 0.25) is 0 Å². The van der Waals surface area contributed by atoms with Crippen molar-refractivity contribution in [2.45, 2.75) is 12.8 Å². The molecule has 0 saturated carbocycles. The summed E-state index contributed by atoms with van der Waals surface area (Å²) in [6.07, 6.45) is 1.36. The summed E-state index contributed by atoms with van der Waals surface area (Å²) in [6.45, 7) is 0. The van der Waals surface area contributed by atoms with E-state index >= 15 is 0 Å². The Morgan fingerprint density at radius 3 is 2.53 bits per heavy atom. The van der Waals surface area contributed by atoms with Crippen molar-refractivity contribution in [1.29, 1.82) is 0 Å². The molecule has 2 rings (SSSR count). The molecule has 0 bridgehead atoms. The monoisotopic (exact) mass is 205 g/mol. The molecular formula is C11H12FN3. The van der Waals surface area contributed by atoms with Crippen LogP contribution < -0.4 is 5.73 Å². The number of rotatable bonds is 3. The zero-order valence-electron chi connectivity index (χ0n) is 8.20. The first-order valence-electron chi connectivity index (χ1n) is 4.79. The Labute approximate surface area is 87.1 Å². The maximum Gasteiger partial charge on any atom is 0.187 e. The largest absolute Gasteiger partial charge is 0.380 e. The Kier molecular flexibility index (Phi) is 2.67. The Balaban J connectivity index is 2.02. The topological polar surface area (TPSA) is 54.7 Å². The maximum absolute atomic E-state index is 13.2. The van der Waals surface area contributed by atoms with Crippen molar-refractivity contribution < 1.29 is 4.39 Å². The van der Waals surface area contributed by atoms with E-state index in [1.165, 1.54) is 5.56 Å². The third-order valence-corrected chi connectivity index (χ3v) is 2.31. The van der Waals surface area contributed by atoms with Crippen molar-refractivity contribution in [3.05, 3.63) is 47.4 Å². The van der Waals surface area contributed by atoms with E-state index in [4.69, 9.17) is 5.73 Å². The van der Waals surface area contributed by atoms with Crippen LogP contribution in [0.3, 0.4) is 0 Å². The van der Waals surface area contributed by atoms with E-state index < -0.39 is 5.82 Å². The van der Waals surface area contributed by atoms with Gasteiger partial charge in [-0.3, -0.25) is 5.10 Å². The van der Waals surface area contributed by atoms with E-state index in [1.807, 2.05) is 30.3 Å². The zero-order chi connectivity index (χ0) is 10.7. The van der Waals surface area contributed by atoms with Crippen LogP contribution in [0.2, 0.25) is 0 Å². The van der Waals surface area contributed by atoms with Gasteiger partial charge in [-0.25, -0.2) is 4.39 Å². The fraction of sp³-hybridized carbons (Fsp3) is 0.182. The first-order chi connectivity index (χ1) is 7.27. The van der Waals surface area contributed by atoms with E-state index in [1.54, 1.807) is 0 Å². The number of H-pyrrole nitrogens is 1. The van der Waals surface area contributed by atoms with Crippen LogP contribution in [-0.2, 0) is 12.8 Å². The average molecular weight is 205 g/mol. The van der Waals surface area contributed by atoms with E-state index in [0.29, 0.717) is 12.1 Å². The first-order valence-corrected chi connectivity index (χ1v) is 4.79. The second-order valence-electron chi connectivity index (χ2n) is 3.39. The highest BCUT2D eigenvalue weighted by Crippen LogP contribution is 2.12. The number of nitrogens with one attached hydrogen (secondary N) is 1. The molecule has 3 N–H and O–H groups in total. The number of nitrogen functional groups attached to an aromatic ring is 1. The lowest BCUT2D eigenvalue weighted by Gasteiger charge is -1.98. The minimum Gasteiger partial charge on any atom is -0.380 e. The molecule has 0 spiro atoms. The van der Waals surface area contributed by atoms with Crippen molar-refractivity contribution in [3.8, 4) is 0 Å². The van der Waals surface area contributed by atoms with Gasteiger partial charge in [-0.1, -0.05) is 30.3 Å². The predicted molar refractivity (Wildman–Crippen MR) is 56.8 cm³/mol. The van der Waals surface area contributed by atoms with Gasteiger partial charge in [0, 0.05) is 0 Å². The van der Waals surface area contributed by atoms with Crippen LogP contribution in [0, 0.1) is 5.82 Å². The van der Waals surface area contributed by atoms with Gasteiger partial charge in [-0.05, 0) is 18.4 Å². The third-order valence-electron chi connectivity index (χ3n) is 2.31. The summed E-state index contributed by atoms with van der Waals surface area (Å²) in [5.41, 5.74) is 6.93. The van der Waals surface area contributed by atoms with Gasteiger partial charge in [0.25, 0.3) is 0 Å². The Morgan fingerprint density at radius 2 is 1.93 bits per heavy atom. The number of halogens is 1. The molecule has 0 unspecified atom stereocenters. The highest BCUT2D eigenvalue weighted by molar-refractivity contribution is 5.32. The van der Waals surface area contributed by atoms with E-state index in [9.17, 15) is 4.39 Å². The molecule has 0 aliphatic rings. The summed E-state index contributed by atoms with van der Waals surface area (Å²) in [6, 6.07) is 9.91. The molecule has 0 amide bonds. The van der Waals surface area contributed by atoms with Crippen molar-refractivity contribution in [1.82, 2.24) is 10.2 Å². The summed E-state index contributed by atoms with van der Waals surface area (Å²) < 4.78 is 13.2. The van der Waals surface area contributed by atoms with E-state index in [0.717, 1.165) is 6.42 Å². The fourth-order valence-electron chi connectivity index (χ4n) is 1.46. The van der Waals surface area contributed by atoms with Crippen LogP contribution in [0.15, 0.2) is 30.3 Å². The van der Waals surface area contributed by atoms with E-state index in [2.05, 4.69) is 10.2 Å². The highest BCUT2D eigenvalue weighted by Gasteiger charge is 2.09. The van der Waals surface area contributed by atoms with Gasteiger partial charge in [0.1, 0.15) is 0 Å². The molecule has 3 nitrogen and oxygen atoms in total. The average Bonchev–Trinajstić information content (AvgIpc) is 2.59. The van der Waals surface area contributed by atoms with Gasteiger partial charge in [-0.15, -0.1) is 0 Å². The summed E-state index contributed by atoms with van der Waals surface area (Å²) >= 11 is 0. The predicted octanol–water partition coefficient (Wildman–Crippen LogP) is 1.92. The molecule has 0 atom stereocenters. The fourth-order valence-corrected chi connectivity index (χ4v) is 1.46. The molecular weight excluding hydrogens is 193 g/mol. The molecule has 2 aromatic rings. The summed E-state index contributed by atoms with van der Waals surface area (Å²) in [5, 5.41) is 6.20. The Morgan fingerprint density at radius 1 is 1.20 bits per heavy atom. The first kappa shape index (κ1) is 9.71. The minimum atomic E-state index is -0.425. The number of nitrogens with zero attached hydrogens (tertiary/aromatic N) is 1. The molecule has 78 valence electrons. The number of nitrogens with two attached hydrogens (primary N) is 1. The zero-order valence-corrected chi connectivity index (χ0v) is 8.20. The quantitative estimate of drug-likeness (QED) is 0.804. The van der Waals surface area contributed by atoms with Crippen LogP contribution in [-0.4, -0.2) is 10.2 Å². The van der Waals surface area contributed by atoms with Crippen molar-refractivity contribution >= 4 is 5.82 Å². The van der Waals surface area contributed by atoms with Crippen molar-refractivity contribution in [2.75, 3.05) is 5.73 Å². The molecule has 1 aromatic carbocycles. The molecule has 0 saturated heterocycles. The molecule has 1 aromatic heterocycles. The lowest BCUT2D eigenvalue weighted by atomic mass is 10.1. The summed E-state index contributed by atoms with van der Waals surface area (Å²) in [5.74, 6) is -0.482. The molecule has 4 heteroatoms. The third kappa shape index (κ3) is 2.15. The molecule has 0 aliphatic heterocycles. The van der Waals surface area contributed by atoms with Crippen molar-refractivity contribution in [3.63, 3.8) is 0 Å². The van der Waals surface area contributed by atoms with Crippen LogP contribution in [0.5, 0.6) is 0 Å². The smallest absolute Gasteiger partial charge is 0.187 e.